The second kappa shape index (κ2) is 4.71. The van der Waals surface area contributed by atoms with Crippen molar-refractivity contribution in [1.82, 2.24) is 0 Å². The van der Waals surface area contributed by atoms with Crippen LogP contribution in [0.5, 0.6) is 0 Å². The zero-order chi connectivity index (χ0) is 13.5. The Balaban J connectivity index is 2.28. The Kier molecular flexibility index (Phi) is 3.56. The number of aliphatic hydroxyl groups is 2. The van der Waals surface area contributed by atoms with E-state index in [0.29, 0.717) is 11.7 Å². The smallest absolute Gasteiger partial charge is 0.128 e. The third-order valence-electron chi connectivity index (χ3n) is 4.09. The molecule has 5 atom stereocenters. The van der Waals surface area contributed by atoms with Crippen LogP contribution in [-0.2, 0) is 4.74 Å². The molecule has 0 radical (unpaired) electrons. The summed E-state index contributed by atoms with van der Waals surface area (Å²) in [5.74, 6) is 0.831. The maximum absolute atomic E-state index is 10.6. The van der Waals surface area contributed by atoms with Crippen molar-refractivity contribution >= 4 is 0 Å². The van der Waals surface area contributed by atoms with Crippen LogP contribution < -0.4 is 0 Å². The number of hydrogen-bond donors (Lipinski definition) is 2. The van der Waals surface area contributed by atoms with Crippen molar-refractivity contribution in [3.05, 3.63) is 23.5 Å². The molecule has 1 saturated carbocycles. The molecule has 0 unspecified atom stereocenters. The first-order valence-electron chi connectivity index (χ1n) is 6.75. The van der Waals surface area contributed by atoms with Gasteiger partial charge in [-0.1, -0.05) is 18.6 Å². The molecule has 0 bridgehead atoms. The standard InChI is InChI=1S/C15H24O3/c1-9(2)5-6-13-15(4,17)14-11(16)7-10(3)8-12(14)18-13/h5-6,10-12,14,16-17H,7-8H2,1-4H3/b13-6-/t10-,11+,12+,14-,15+/m1/s1. The molecule has 0 amide bonds. The number of fused-ring (bicyclic) bond motifs is 1. The Morgan fingerprint density at radius 1 is 1.39 bits per heavy atom. The SMILES string of the molecule is CC(C)=C/C=C1\O[C@H]2C[C@H](C)C[C@H](O)[C@H]2[C@@]1(C)O. The lowest BCUT2D eigenvalue weighted by Gasteiger charge is -2.36. The quantitative estimate of drug-likeness (QED) is 0.753. The topological polar surface area (TPSA) is 49.7 Å². The monoisotopic (exact) mass is 252 g/mol. The van der Waals surface area contributed by atoms with E-state index in [1.165, 1.54) is 0 Å². The van der Waals surface area contributed by atoms with Crippen LogP contribution in [0.4, 0.5) is 0 Å². The molecule has 0 aromatic heterocycles. The highest BCUT2D eigenvalue weighted by Crippen LogP contribution is 2.47. The van der Waals surface area contributed by atoms with Crippen molar-refractivity contribution in [2.45, 2.75) is 58.3 Å². The van der Waals surface area contributed by atoms with Crippen molar-refractivity contribution in [3.63, 3.8) is 0 Å². The first-order valence-corrected chi connectivity index (χ1v) is 6.75. The van der Waals surface area contributed by atoms with E-state index in [2.05, 4.69) is 6.92 Å². The summed E-state index contributed by atoms with van der Waals surface area (Å²) in [4.78, 5) is 0. The highest BCUT2D eigenvalue weighted by atomic mass is 16.5. The third-order valence-corrected chi connectivity index (χ3v) is 4.09. The molecule has 0 spiro atoms. The number of rotatable bonds is 1. The van der Waals surface area contributed by atoms with Gasteiger partial charge in [0.1, 0.15) is 17.5 Å². The Labute approximate surface area is 109 Å². The molecule has 1 aliphatic carbocycles. The molecular weight excluding hydrogens is 228 g/mol. The van der Waals surface area contributed by atoms with Gasteiger partial charge in [-0.2, -0.15) is 0 Å². The average Bonchev–Trinajstić information content (AvgIpc) is 2.46. The fraction of sp³-hybridized carbons (Fsp3) is 0.733. The summed E-state index contributed by atoms with van der Waals surface area (Å²) in [5, 5.41) is 20.8. The minimum absolute atomic E-state index is 0.0597. The number of allylic oxidation sites excluding steroid dienone is 3. The van der Waals surface area contributed by atoms with Crippen molar-refractivity contribution in [2.24, 2.45) is 11.8 Å². The van der Waals surface area contributed by atoms with Gasteiger partial charge in [0.2, 0.25) is 0 Å². The molecule has 1 saturated heterocycles. The average molecular weight is 252 g/mol. The van der Waals surface area contributed by atoms with Crippen LogP contribution in [0, 0.1) is 11.8 Å². The molecule has 1 heterocycles. The highest BCUT2D eigenvalue weighted by molar-refractivity contribution is 5.25. The van der Waals surface area contributed by atoms with E-state index in [1.807, 2.05) is 26.0 Å². The Morgan fingerprint density at radius 3 is 2.67 bits per heavy atom. The third kappa shape index (κ3) is 2.34. The maximum Gasteiger partial charge on any atom is 0.128 e. The van der Waals surface area contributed by atoms with E-state index in [9.17, 15) is 10.2 Å². The largest absolute Gasteiger partial charge is 0.491 e. The van der Waals surface area contributed by atoms with Crippen LogP contribution >= 0.6 is 0 Å². The number of aliphatic hydroxyl groups excluding tert-OH is 1. The summed E-state index contributed by atoms with van der Waals surface area (Å²) in [6, 6.07) is 0. The lowest BCUT2D eigenvalue weighted by molar-refractivity contribution is -0.0634. The normalized spacial score (nSPS) is 45.6. The Morgan fingerprint density at radius 2 is 2.06 bits per heavy atom. The molecule has 102 valence electrons. The summed E-state index contributed by atoms with van der Waals surface area (Å²) in [5.41, 5.74) is 0.0987. The van der Waals surface area contributed by atoms with Crippen LogP contribution in [0.15, 0.2) is 23.5 Å². The zero-order valence-corrected chi connectivity index (χ0v) is 11.7. The van der Waals surface area contributed by atoms with Crippen molar-refractivity contribution in [3.8, 4) is 0 Å². The predicted molar refractivity (Wildman–Crippen MR) is 70.9 cm³/mol. The fourth-order valence-electron chi connectivity index (χ4n) is 3.20. The van der Waals surface area contributed by atoms with Crippen LogP contribution in [0.1, 0.15) is 40.5 Å². The van der Waals surface area contributed by atoms with Gasteiger partial charge in [0.15, 0.2) is 0 Å². The van der Waals surface area contributed by atoms with Crippen molar-refractivity contribution in [1.29, 1.82) is 0 Å². The van der Waals surface area contributed by atoms with Gasteiger partial charge < -0.3 is 14.9 Å². The van der Waals surface area contributed by atoms with Gasteiger partial charge in [-0.15, -0.1) is 0 Å². The van der Waals surface area contributed by atoms with Crippen LogP contribution in [-0.4, -0.2) is 28.0 Å². The molecule has 2 N–H and O–H groups in total. The lowest BCUT2D eigenvalue weighted by Crippen LogP contribution is -2.46. The van der Waals surface area contributed by atoms with Gasteiger partial charge in [-0.25, -0.2) is 0 Å². The van der Waals surface area contributed by atoms with Crippen molar-refractivity contribution < 1.29 is 14.9 Å². The number of ether oxygens (including phenoxy) is 1. The first kappa shape index (κ1) is 13.6. The van der Waals surface area contributed by atoms with Crippen LogP contribution in [0.3, 0.4) is 0 Å². The fourth-order valence-corrected chi connectivity index (χ4v) is 3.20. The van der Waals surface area contributed by atoms with Crippen LogP contribution in [0.2, 0.25) is 0 Å². The highest BCUT2D eigenvalue weighted by Gasteiger charge is 2.55. The van der Waals surface area contributed by atoms with Gasteiger partial charge >= 0.3 is 0 Å². The van der Waals surface area contributed by atoms with Gasteiger partial charge in [0.05, 0.1) is 12.0 Å². The van der Waals surface area contributed by atoms with E-state index in [0.717, 1.165) is 18.4 Å². The first-order chi connectivity index (χ1) is 8.32. The molecule has 3 nitrogen and oxygen atoms in total. The van der Waals surface area contributed by atoms with Crippen LogP contribution in [0.25, 0.3) is 0 Å². The molecule has 2 rings (SSSR count). The molecule has 0 aromatic carbocycles. The summed E-state index contributed by atoms with van der Waals surface area (Å²) in [6.07, 6.45) is 4.89. The lowest BCUT2D eigenvalue weighted by atomic mass is 9.72. The summed E-state index contributed by atoms with van der Waals surface area (Å²) >= 11 is 0. The molecule has 0 aromatic rings. The van der Waals surface area contributed by atoms with E-state index in [4.69, 9.17) is 4.74 Å². The van der Waals surface area contributed by atoms with E-state index in [-0.39, 0.29) is 12.0 Å². The molecule has 1 aliphatic heterocycles. The minimum atomic E-state index is -1.06. The maximum atomic E-state index is 10.6. The van der Waals surface area contributed by atoms with E-state index >= 15 is 0 Å². The Hall–Kier alpha value is -0.800. The van der Waals surface area contributed by atoms with Gasteiger partial charge in [0, 0.05) is 0 Å². The Bertz CT molecular complexity index is 377. The van der Waals surface area contributed by atoms with Gasteiger partial charge in [0.25, 0.3) is 0 Å². The number of hydrogen-bond acceptors (Lipinski definition) is 3. The zero-order valence-electron chi connectivity index (χ0n) is 11.7. The summed E-state index contributed by atoms with van der Waals surface area (Å²) in [7, 11) is 0. The molecule has 18 heavy (non-hydrogen) atoms. The van der Waals surface area contributed by atoms with Crippen molar-refractivity contribution in [2.75, 3.05) is 0 Å². The second-order valence-corrected chi connectivity index (χ2v) is 6.25. The predicted octanol–water partition coefficient (Wildman–Crippen LogP) is 2.39. The summed E-state index contributed by atoms with van der Waals surface area (Å²) < 4.78 is 5.88. The second-order valence-electron chi connectivity index (χ2n) is 6.25. The molecule has 2 aliphatic rings. The molecule has 3 heteroatoms. The summed E-state index contributed by atoms with van der Waals surface area (Å²) in [6.45, 7) is 7.88. The minimum Gasteiger partial charge on any atom is -0.491 e. The van der Waals surface area contributed by atoms with E-state index < -0.39 is 11.7 Å². The van der Waals surface area contributed by atoms with Gasteiger partial charge in [-0.05, 0) is 45.6 Å². The molecule has 2 fully saturated rings. The van der Waals surface area contributed by atoms with E-state index in [1.54, 1.807) is 6.92 Å². The van der Waals surface area contributed by atoms with Gasteiger partial charge in [-0.3, -0.25) is 0 Å². The molecular formula is C15H24O3.